The summed E-state index contributed by atoms with van der Waals surface area (Å²) in [5, 5.41) is 8.99. The van der Waals surface area contributed by atoms with Gasteiger partial charge >= 0.3 is 6.18 Å². The molecule has 2 heterocycles. The number of rotatable bonds is 11. The predicted molar refractivity (Wildman–Crippen MR) is 131 cm³/mol. The van der Waals surface area contributed by atoms with Crippen LogP contribution in [0.25, 0.3) is 0 Å². The lowest BCUT2D eigenvalue weighted by Gasteiger charge is -2.34. The zero-order chi connectivity index (χ0) is 27.9. The van der Waals surface area contributed by atoms with E-state index in [9.17, 15) is 27.6 Å². The van der Waals surface area contributed by atoms with Crippen molar-refractivity contribution in [3.8, 4) is 6.07 Å². The summed E-state index contributed by atoms with van der Waals surface area (Å²) in [6.07, 6.45) is -3.10. The number of nitriles is 1. The summed E-state index contributed by atoms with van der Waals surface area (Å²) in [6, 6.07) is 4.30. The monoisotopic (exact) mass is 536 g/mol. The number of carbonyl (C=O) groups is 3. The third kappa shape index (κ3) is 6.98. The van der Waals surface area contributed by atoms with E-state index < -0.39 is 29.1 Å². The summed E-state index contributed by atoms with van der Waals surface area (Å²) in [5.41, 5.74) is -1.47. The van der Waals surface area contributed by atoms with E-state index >= 15 is 0 Å². The number of carbonyl (C=O) groups excluding carboxylic acids is 3. The van der Waals surface area contributed by atoms with Gasteiger partial charge in [-0.25, -0.2) is 4.90 Å². The average molecular weight is 537 g/mol. The van der Waals surface area contributed by atoms with Gasteiger partial charge in [0.15, 0.2) is 0 Å². The van der Waals surface area contributed by atoms with E-state index in [1.54, 1.807) is 12.0 Å². The minimum absolute atomic E-state index is 0.0293. The fourth-order valence-electron chi connectivity index (χ4n) is 4.47. The smallest absolute Gasteiger partial charge is 0.382 e. The first-order valence-electron chi connectivity index (χ1n) is 12.3. The lowest BCUT2D eigenvalue weighted by molar-refractivity contribution is -0.138. The lowest BCUT2D eigenvalue weighted by atomic mass is 10.0. The third-order valence-corrected chi connectivity index (χ3v) is 6.66. The van der Waals surface area contributed by atoms with Crippen molar-refractivity contribution in [2.24, 2.45) is 0 Å². The number of ether oxygens (including phenoxy) is 2. The van der Waals surface area contributed by atoms with Gasteiger partial charge in [-0.1, -0.05) is 0 Å². The van der Waals surface area contributed by atoms with Crippen LogP contribution >= 0.6 is 0 Å². The maximum Gasteiger partial charge on any atom is 0.417 e. The van der Waals surface area contributed by atoms with Gasteiger partial charge in [-0.15, -0.1) is 0 Å². The van der Waals surface area contributed by atoms with E-state index in [0.29, 0.717) is 45.2 Å². The van der Waals surface area contributed by atoms with Gasteiger partial charge in [0, 0.05) is 44.4 Å². The van der Waals surface area contributed by atoms with E-state index in [-0.39, 0.29) is 29.3 Å². The van der Waals surface area contributed by atoms with E-state index in [4.69, 9.17) is 14.7 Å². The van der Waals surface area contributed by atoms with Crippen LogP contribution in [0.15, 0.2) is 29.3 Å². The van der Waals surface area contributed by atoms with Crippen molar-refractivity contribution in [1.82, 2.24) is 9.80 Å². The molecular weight excluding hydrogens is 505 g/mol. The largest absolute Gasteiger partial charge is 0.417 e. The Bertz CT molecular complexity index is 1120. The molecule has 0 spiro atoms. The Morgan fingerprint density at radius 3 is 2.42 bits per heavy atom. The van der Waals surface area contributed by atoms with Crippen molar-refractivity contribution in [1.29, 1.82) is 5.26 Å². The van der Waals surface area contributed by atoms with E-state index in [2.05, 4.69) is 4.90 Å². The van der Waals surface area contributed by atoms with Crippen molar-refractivity contribution >= 4 is 23.4 Å². The summed E-state index contributed by atoms with van der Waals surface area (Å²) in [5.74, 6) is -1.35. The van der Waals surface area contributed by atoms with E-state index in [1.165, 1.54) is 19.1 Å². The summed E-state index contributed by atoms with van der Waals surface area (Å²) in [6.45, 7) is 5.73. The highest BCUT2D eigenvalue weighted by molar-refractivity contribution is 6.32. The molecule has 0 aliphatic carbocycles. The summed E-state index contributed by atoms with van der Waals surface area (Å²) in [7, 11) is 1.57. The van der Waals surface area contributed by atoms with Crippen LogP contribution in [0.2, 0.25) is 0 Å². The van der Waals surface area contributed by atoms with Gasteiger partial charge in [0.25, 0.3) is 11.8 Å². The summed E-state index contributed by atoms with van der Waals surface area (Å²) < 4.78 is 50.3. The number of hydrogen-bond donors (Lipinski definition) is 0. The molecule has 0 radical (unpaired) electrons. The van der Waals surface area contributed by atoms with Crippen LogP contribution in [-0.2, 0) is 30.0 Å². The molecule has 0 N–H and O–H groups in total. The van der Waals surface area contributed by atoms with Crippen LogP contribution < -0.4 is 4.90 Å². The number of methoxy groups -OCH3 is 1. The molecule has 3 rings (SSSR count). The number of unbranched alkanes of at least 4 members (excludes halogenated alkanes) is 1. The van der Waals surface area contributed by atoms with Crippen LogP contribution in [0, 0.1) is 11.3 Å². The Labute approximate surface area is 219 Å². The highest BCUT2D eigenvalue weighted by Crippen LogP contribution is 2.36. The lowest BCUT2D eigenvalue weighted by Crippen LogP contribution is -2.49. The van der Waals surface area contributed by atoms with Crippen LogP contribution in [0.3, 0.4) is 0 Å². The van der Waals surface area contributed by atoms with Gasteiger partial charge in [-0.2, -0.15) is 18.4 Å². The van der Waals surface area contributed by atoms with Crippen LogP contribution in [0.4, 0.5) is 18.9 Å². The normalized spacial score (nSPS) is 16.9. The minimum atomic E-state index is -4.80. The molecule has 9 nitrogen and oxygen atoms in total. The van der Waals surface area contributed by atoms with Crippen molar-refractivity contribution in [3.05, 3.63) is 40.5 Å². The number of halogens is 3. The van der Waals surface area contributed by atoms with Crippen molar-refractivity contribution in [3.63, 3.8) is 0 Å². The molecular formula is C26H31F3N4O5. The molecule has 3 amide bonds. The second-order valence-electron chi connectivity index (χ2n) is 9.11. The molecule has 0 bridgehead atoms. The second kappa shape index (κ2) is 13.0. The van der Waals surface area contributed by atoms with Crippen molar-refractivity contribution in [2.45, 2.75) is 32.4 Å². The Balaban J connectivity index is 1.48. The fraction of sp³-hybridized carbons (Fsp3) is 0.538. The van der Waals surface area contributed by atoms with Gasteiger partial charge in [0.05, 0.1) is 36.1 Å². The van der Waals surface area contributed by atoms with Gasteiger partial charge in [0.2, 0.25) is 5.91 Å². The molecule has 206 valence electrons. The fourth-order valence-corrected chi connectivity index (χ4v) is 4.47. The number of imide groups is 1. The van der Waals surface area contributed by atoms with Gasteiger partial charge < -0.3 is 14.4 Å². The number of nitrogens with zero attached hydrogens (tertiary/aromatic N) is 4. The quantitative estimate of drug-likeness (QED) is 0.317. The number of benzene rings is 1. The molecule has 1 saturated heterocycles. The highest BCUT2D eigenvalue weighted by atomic mass is 19.4. The Hall–Kier alpha value is -3.27. The zero-order valence-corrected chi connectivity index (χ0v) is 21.5. The summed E-state index contributed by atoms with van der Waals surface area (Å²) >= 11 is 0. The maximum absolute atomic E-state index is 13.4. The third-order valence-electron chi connectivity index (χ3n) is 6.66. The number of piperazine rings is 1. The van der Waals surface area contributed by atoms with Crippen molar-refractivity contribution in [2.75, 3.05) is 64.6 Å². The van der Waals surface area contributed by atoms with Gasteiger partial charge in [0.1, 0.15) is 6.61 Å². The second-order valence-corrected chi connectivity index (χ2v) is 9.11. The molecule has 2 aliphatic rings. The van der Waals surface area contributed by atoms with E-state index in [1.807, 2.05) is 0 Å². The molecule has 1 fully saturated rings. The molecule has 38 heavy (non-hydrogen) atoms. The molecule has 1 aromatic carbocycles. The number of hydrogen-bond acceptors (Lipinski definition) is 7. The van der Waals surface area contributed by atoms with Gasteiger partial charge in [-0.05, 0) is 50.9 Å². The predicted octanol–water partition coefficient (Wildman–Crippen LogP) is 2.74. The Morgan fingerprint density at radius 2 is 1.79 bits per heavy atom. The number of anilines is 1. The van der Waals surface area contributed by atoms with Crippen molar-refractivity contribution < 1.29 is 37.0 Å². The first-order chi connectivity index (χ1) is 18.1. The highest BCUT2D eigenvalue weighted by Gasteiger charge is 2.39. The first kappa shape index (κ1) is 29.3. The first-order valence-corrected chi connectivity index (χ1v) is 12.3. The topological polar surface area (TPSA) is 103 Å². The minimum Gasteiger partial charge on any atom is -0.382 e. The molecule has 1 aromatic rings. The zero-order valence-electron chi connectivity index (χ0n) is 21.5. The number of amides is 3. The number of alkyl halides is 3. The average Bonchev–Trinajstić information content (AvgIpc) is 3.11. The van der Waals surface area contributed by atoms with E-state index in [0.717, 1.165) is 37.0 Å². The van der Waals surface area contributed by atoms with Crippen LogP contribution in [0.5, 0.6) is 0 Å². The Morgan fingerprint density at radius 1 is 1.08 bits per heavy atom. The SMILES string of the molecule is COCCOCC(=O)N1CCN(CCCCC2=C(C)C(=O)N(c3ccc(C#N)c(C(F)(F)F)c3)C2=O)CC1. The summed E-state index contributed by atoms with van der Waals surface area (Å²) in [4.78, 5) is 42.7. The van der Waals surface area contributed by atoms with Gasteiger partial charge in [-0.3, -0.25) is 19.3 Å². The maximum atomic E-state index is 13.4. The molecule has 0 unspecified atom stereocenters. The van der Waals surface area contributed by atoms with Crippen LogP contribution in [0.1, 0.15) is 37.3 Å². The Kier molecular flexibility index (Phi) is 10.0. The molecule has 0 aromatic heterocycles. The molecule has 2 aliphatic heterocycles. The molecule has 12 heteroatoms. The molecule has 0 saturated carbocycles. The standard InChI is InChI=1S/C26H31F3N4O5/c1-18-21(5-3-4-8-31-9-11-32(12-10-31)23(34)17-38-14-13-37-2)25(36)33(24(18)35)20-7-6-19(16-30)22(15-20)26(27,28)29/h6-7,15H,3-5,8-14,17H2,1-2H3. The van der Waals surface area contributed by atoms with Crippen LogP contribution in [-0.4, -0.2) is 87.2 Å². The molecule has 0 atom stereocenters.